The van der Waals surface area contributed by atoms with Gasteiger partial charge in [0.2, 0.25) is 0 Å². The molecule has 0 aliphatic carbocycles. The van der Waals surface area contributed by atoms with Crippen molar-refractivity contribution in [1.29, 1.82) is 0 Å². The van der Waals surface area contributed by atoms with Crippen LogP contribution in [0.25, 0.3) is 0 Å². The Bertz CT molecular complexity index is 263. The van der Waals surface area contributed by atoms with Crippen molar-refractivity contribution in [2.45, 2.75) is 60.0 Å². The number of rotatable bonds is 4. The topological polar surface area (TPSA) is 15.3 Å². The molecule has 1 rings (SSSR count). The molecule has 0 radical (unpaired) electrons. The lowest BCUT2D eigenvalue weighted by Crippen LogP contribution is -2.60. The lowest BCUT2D eigenvalue weighted by molar-refractivity contribution is 0.0614. The number of piperazine rings is 1. The van der Waals surface area contributed by atoms with Crippen molar-refractivity contribution in [3.8, 4) is 0 Å². The molecule has 2 nitrogen and oxygen atoms in total. The SMILES string of the molecule is C/C=C/CN1CC(CC(C)C)NCC1C(C)(C)C. The smallest absolute Gasteiger partial charge is 0.0273 e. The normalized spacial score (nSPS) is 27.3. The Morgan fingerprint density at radius 3 is 2.50 bits per heavy atom. The van der Waals surface area contributed by atoms with Gasteiger partial charge in [0.05, 0.1) is 0 Å². The van der Waals surface area contributed by atoms with E-state index in [9.17, 15) is 0 Å². The Labute approximate surface area is 114 Å². The third-order valence-corrected chi connectivity index (χ3v) is 3.83. The van der Waals surface area contributed by atoms with Crippen LogP contribution >= 0.6 is 0 Å². The molecule has 1 heterocycles. The fourth-order valence-corrected chi connectivity index (χ4v) is 2.91. The third kappa shape index (κ3) is 4.74. The van der Waals surface area contributed by atoms with Gasteiger partial charge in [-0.25, -0.2) is 0 Å². The minimum Gasteiger partial charge on any atom is -0.311 e. The Balaban J connectivity index is 2.66. The highest BCUT2D eigenvalue weighted by Crippen LogP contribution is 2.27. The lowest BCUT2D eigenvalue weighted by atomic mass is 9.83. The van der Waals surface area contributed by atoms with E-state index < -0.39 is 0 Å². The molecule has 0 aromatic heterocycles. The van der Waals surface area contributed by atoms with E-state index in [1.54, 1.807) is 0 Å². The molecule has 0 amide bonds. The summed E-state index contributed by atoms with van der Waals surface area (Å²) < 4.78 is 0. The van der Waals surface area contributed by atoms with Gasteiger partial charge in [-0.2, -0.15) is 0 Å². The van der Waals surface area contributed by atoms with Gasteiger partial charge >= 0.3 is 0 Å². The van der Waals surface area contributed by atoms with Gasteiger partial charge in [0.1, 0.15) is 0 Å². The van der Waals surface area contributed by atoms with Crippen LogP contribution in [-0.2, 0) is 0 Å². The molecule has 18 heavy (non-hydrogen) atoms. The van der Waals surface area contributed by atoms with Crippen LogP contribution in [0, 0.1) is 11.3 Å². The zero-order valence-electron chi connectivity index (χ0n) is 13.2. The largest absolute Gasteiger partial charge is 0.311 e. The standard InChI is InChI=1S/C16H32N2/c1-7-8-9-18-12-14(10-13(2)3)17-11-15(18)16(4,5)6/h7-8,13-15,17H,9-12H2,1-6H3/b8-7+. The molecule has 1 aliphatic heterocycles. The molecule has 0 aromatic rings. The molecule has 0 spiro atoms. The van der Waals surface area contributed by atoms with Gasteiger partial charge in [-0.1, -0.05) is 46.8 Å². The van der Waals surface area contributed by atoms with Crippen molar-refractivity contribution in [3.05, 3.63) is 12.2 Å². The van der Waals surface area contributed by atoms with Crippen molar-refractivity contribution in [3.63, 3.8) is 0 Å². The molecule has 1 N–H and O–H groups in total. The Morgan fingerprint density at radius 1 is 1.33 bits per heavy atom. The molecule has 106 valence electrons. The van der Waals surface area contributed by atoms with Crippen LogP contribution in [0.5, 0.6) is 0 Å². The van der Waals surface area contributed by atoms with E-state index in [2.05, 4.69) is 63.9 Å². The highest BCUT2D eigenvalue weighted by Gasteiger charge is 2.34. The molecular weight excluding hydrogens is 220 g/mol. The lowest BCUT2D eigenvalue weighted by Gasteiger charge is -2.46. The van der Waals surface area contributed by atoms with Crippen LogP contribution in [-0.4, -0.2) is 36.6 Å². The third-order valence-electron chi connectivity index (χ3n) is 3.83. The van der Waals surface area contributed by atoms with Gasteiger partial charge in [0, 0.05) is 31.7 Å². The summed E-state index contributed by atoms with van der Waals surface area (Å²) in [5, 5.41) is 3.75. The Kier molecular flexibility index (Phi) is 5.87. The molecule has 1 aliphatic rings. The predicted octanol–water partition coefficient (Wildman–Crippen LogP) is 3.30. The average Bonchev–Trinajstić information content (AvgIpc) is 2.24. The fraction of sp³-hybridized carbons (Fsp3) is 0.875. The maximum absolute atomic E-state index is 3.75. The van der Waals surface area contributed by atoms with E-state index in [1.807, 2.05) is 0 Å². The van der Waals surface area contributed by atoms with Crippen LogP contribution in [0.15, 0.2) is 12.2 Å². The van der Waals surface area contributed by atoms with Crippen molar-refractivity contribution in [2.24, 2.45) is 11.3 Å². The monoisotopic (exact) mass is 252 g/mol. The number of hydrogen-bond donors (Lipinski definition) is 1. The summed E-state index contributed by atoms with van der Waals surface area (Å²) in [6.07, 6.45) is 5.74. The van der Waals surface area contributed by atoms with Crippen molar-refractivity contribution >= 4 is 0 Å². The van der Waals surface area contributed by atoms with Gasteiger partial charge < -0.3 is 5.32 Å². The maximum atomic E-state index is 3.75. The summed E-state index contributed by atoms with van der Waals surface area (Å²) >= 11 is 0. The second kappa shape index (κ2) is 6.72. The minimum atomic E-state index is 0.345. The van der Waals surface area contributed by atoms with Gasteiger partial charge in [-0.3, -0.25) is 4.90 Å². The van der Waals surface area contributed by atoms with Crippen LogP contribution in [0.3, 0.4) is 0 Å². The summed E-state index contributed by atoms with van der Waals surface area (Å²) in [6.45, 7) is 17.2. The quantitative estimate of drug-likeness (QED) is 0.772. The predicted molar refractivity (Wildman–Crippen MR) is 80.9 cm³/mol. The zero-order valence-corrected chi connectivity index (χ0v) is 13.2. The molecule has 1 fully saturated rings. The fourth-order valence-electron chi connectivity index (χ4n) is 2.91. The van der Waals surface area contributed by atoms with Crippen LogP contribution in [0.1, 0.15) is 48.0 Å². The van der Waals surface area contributed by atoms with Crippen LogP contribution in [0.2, 0.25) is 0 Å². The molecule has 0 bridgehead atoms. The highest BCUT2D eigenvalue weighted by molar-refractivity contribution is 4.95. The first-order valence-corrected chi connectivity index (χ1v) is 7.43. The van der Waals surface area contributed by atoms with Crippen molar-refractivity contribution in [1.82, 2.24) is 10.2 Å². The van der Waals surface area contributed by atoms with Crippen molar-refractivity contribution < 1.29 is 0 Å². The van der Waals surface area contributed by atoms with E-state index in [-0.39, 0.29) is 0 Å². The van der Waals surface area contributed by atoms with E-state index in [0.717, 1.165) is 19.0 Å². The molecule has 2 atom stereocenters. The van der Waals surface area contributed by atoms with Crippen molar-refractivity contribution in [2.75, 3.05) is 19.6 Å². The highest BCUT2D eigenvalue weighted by atomic mass is 15.2. The van der Waals surface area contributed by atoms with Gasteiger partial charge in [0.15, 0.2) is 0 Å². The zero-order chi connectivity index (χ0) is 13.8. The number of nitrogens with zero attached hydrogens (tertiary/aromatic N) is 1. The first-order chi connectivity index (χ1) is 8.34. The van der Waals surface area contributed by atoms with Gasteiger partial charge in [-0.05, 0) is 24.7 Å². The molecule has 2 heteroatoms. The number of allylic oxidation sites excluding steroid dienone is 1. The summed E-state index contributed by atoms with van der Waals surface area (Å²) in [4.78, 5) is 2.66. The van der Waals surface area contributed by atoms with E-state index in [4.69, 9.17) is 0 Å². The maximum Gasteiger partial charge on any atom is 0.0273 e. The first kappa shape index (κ1) is 15.7. The second-order valence-electron chi connectivity index (χ2n) is 7.14. The summed E-state index contributed by atoms with van der Waals surface area (Å²) in [5.74, 6) is 0.775. The second-order valence-corrected chi connectivity index (χ2v) is 7.14. The Hall–Kier alpha value is -0.340. The van der Waals surface area contributed by atoms with E-state index >= 15 is 0 Å². The molecule has 2 unspecified atom stereocenters. The molecular formula is C16H32N2. The summed E-state index contributed by atoms with van der Waals surface area (Å²) in [7, 11) is 0. The molecule has 1 saturated heterocycles. The van der Waals surface area contributed by atoms with E-state index in [1.165, 1.54) is 13.0 Å². The average molecular weight is 252 g/mol. The number of hydrogen-bond acceptors (Lipinski definition) is 2. The summed E-state index contributed by atoms with van der Waals surface area (Å²) in [6, 6.07) is 1.30. The number of nitrogens with one attached hydrogen (secondary N) is 1. The van der Waals surface area contributed by atoms with Gasteiger partial charge in [-0.15, -0.1) is 0 Å². The molecule has 0 aromatic carbocycles. The minimum absolute atomic E-state index is 0.345. The first-order valence-electron chi connectivity index (χ1n) is 7.43. The summed E-state index contributed by atoms with van der Waals surface area (Å²) in [5.41, 5.74) is 0.345. The van der Waals surface area contributed by atoms with Crippen LogP contribution in [0.4, 0.5) is 0 Å². The van der Waals surface area contributed by atoms with Gasteiger partial charge in [0.25, 0.3) is 0 Å². The molecule has 0 saturated carbocycles. The van der Waals surface area contributed by atoms with E-state index in [0.29, 0.717) is 17.5 Å². The van der Waals surface area contributed by atoms with Crippen LogP contribution < -0.4 is 5.32 Å². The Morgan fingerprint density at radius 2 is 2.00 bits per heavy atom.